The van der Waals surface area contributed by atoms with E-state index in [1.54, 1.807) is 7.11 Å². The van der Waals surface area contributed by atoms with Crippen LogP contribution in [0.4, 0.5) is 5.69 Å². The van der Waals surface area contributed by atoms with Gasteiger partial charge in [-0.1, -0.05) is 29.8 Å². The summed E-state index contributed by atoms with van der Waals surface area (Å²) in [6, 6.07) is 8.11. The Balaban J connectivity index is 1.88. The minimum Gasteiger partial charge on any atom is -0.468 e. The standard InChI is InChI=1S/C22H26N2O4/c1-4-13-11-24-17-9-15(13)22(12-25,20(26)28-3)21(10-18(24)27-2)14-7-5-6-8-16(14)23-19(17)21/h4-8,15,17-18,25H,9-12H2,1-3H3/t15-,17-,18-,21+,22-/m0/s1. The van der Waals surface area contributed by atoms with Crippen LogP contribution in [0.2, 0.25) is 0 Å². The van der Waals surface area contributed by atoms with E-state index in [4.69, 9.17) is 14.5 Å². The van der Waals surface area contributed by atoms with E-state index >= 15 is 0 Å². The van der Waals surface area contributed by atoms with Gasteiger partial charge in [-0.3, -0.25) is 14.7 Å². The number of hydrogen-bond acceptors (Lipinski definition) is 6. The summed E-state index contributed by atoms with van der Waals surface area (Å²) in [7, 11) is 3.14. The maximum Gasteiger partial charge on any atom is 0.316 e. The highest BCUT2D eigenvalue weighted by Gasteiger charge is 2.74. The first kappa shape index (κ1) is 18.0. The number of aliphatic hydroxyl groups excluding tert-OH is 1. The predicted octanol–water partition coefficient (Wildman–Crippen LogP) is 2.19. The molecule has 3 fully saturated rings. The fraction of sp³-hybridized carbons (Fsp3) is 0.545. The van der Waals surface area contributed by atoms with E-state index in [9.17, 15) is 9.90 Å². The van der Waals surface area contributed by atoms with Crippen LogP contribution in [0, 0.1) is 11.3 Å². The lowest BCUT2D eigenvalue weighted by Crippen LogP contribution is -2.77. The Hall–Kier alpha value is -2.02. The number of carbonyl (C=O) groups excluding carboxylic acids is 1. The summed E-state index contributed by atoms with van der Waals surface area (Å²) in [4.78, 5) is 20.9. The first-order valence-electron chi connectivity index (χ1n) is 9.90. The van der Waals surface area contributed by atoms with Crippen molar-refractivity contribution < 1.29 is 19.4 Å². The Morgan fingerprint density at radius 2 is 2.18 bits per heavy atom. The zero-order chi connectivity index (χ0) is 19.7. The van der Waals surface area contributed by atoms with Crippen molar-refractivity contribution in [1.29, 1.82) is 0 Å². The van der Waals surface area contributed by atoms with Gasteiger partial charge in [-0.15, -0.1) is 0 Å². The number of fused-ring (bicyclic) bond motifs is 2. The Labute approximate surface area is 164 Å². The number of aliphatic hydroxyl groups is 1. The molecule has 0 spiro atoms. The van der Waals surface area contributed by atoms with Crippen LogP contribution < -0.4 is 0 Å². The fourth-order valence-electron chi connectivity index (χ4n) is 6.55. The third kappa shape index (κ3) is 1.80. The van der Waals surface area contributed by atoms with E-state index in [1.807, 2.05) is 25.1 Å². The molecule has 4 aliphatic rings. The normalized spacial score (nSPS) is 39.5. The summed E-state index contributed by atoms with van der Waals surface area (Å²) in [5.74, 6) is -0.438. The summed E-state index contributed by atoms with van der Waals surface area (Å²) >= 11 is 0. The second-order valence-corrected chi connectivity index (χ2v) is 8.28. The van der Waals surface area contributed by atoms with E-state index in [0.717, 1.165) is 23.4 Å². The van der Waals surface area contributed by atoms with Gasteiger partial charge < -0.3 is 14.6 Å². The fourth-order valence-corrected chi connectivity index (χ4v) is 6.55. The van der Waals surface area contributed by atoms with Crippen LogP contribution in [0.25, 0.3) is 0 Å². The molecule has 3 heterocycles. The highest BCUT2D eigenvalue weighted by atomic mass is 16.5. The minimum absolute atomic E-state index is 0.0842. The number of nitrogens with zero attached hydrogens (tertiary/aromatic N) is 2. The molecule has 1 N–H and O–H groups in total. The number of hydrogen-bond donors (Lipinski definition) is 1. The third-order valence-electron chi connectivity index (χ3n) is 7.68. The maximum atomic E-state index is 13.5. The highest BCUT2D eigenvalue weighted by molar-refractivity contribution is 6.11. The number of esters is 1. The minimum atomic E-state index is -1.10. The van der Waals surface area contributed by atoms with Crippen LogP contribution in [0.1, 0.15) is 25.3 Å². The van der Waals surface area contributed by atoms with E-state index < -0.39 is 10.8 Å². The summed E-state index contributed by atoms with van der Waals surface area (Å²) in [5.41, 5.74) is 2.25. The Morgan fingerprint density at radius 1 is 1.39 bits per heavy atom. The van der Waals surface area contributed by atoms with Gasteiger partial charge in [-0.25, -0.2) is 0 Å². The largest absolute Gasteiger partial charge is 0.468 e. The number of benzene rings is 1. The van der Waals surface area contributed by atoms with Gasteiger partial charge in [0.25, 0.3) is 0 Å². The topological polar surface area (TPSA) is 71.4 Å². The molecule has 28 heavy (non-hydrogen) atoms. The van der Waals surface area contributed by atoms with Gasteiger partial charge in [0.05, 0.1) is 30.9 Å². The number of rotatable bonds is 3. The van der Waals surface area contributed by atoms with Crippen molar-refractivity contribution in [2.24, 2.45) is 16.3 Å². The molecule has 1 saturated carbocycles. The van der Waals surface area contributed by atoms with Crippen molar-refractivity contribution in [1.82, 2.24) is 4.90 Å². The first-order chi connectivity index (χ1) is 13.6. The molecule has 3 bridgehead atoms. The average Bonchev–Trinajstić information content (AvgIpc) is 3.09. The molecule has 0 radical (unpaired) electrons. The van der Waals surface area contributed by atoms with Crippen LogP contribution >= 0.6 is 0 Å². The highest BCUT2D eigenvalue weighted by Crippen LogP contribution is 2.66. The van der Waals surface area contributed by atoms with Gasteiger partial charge in [-0.2, -0.15) is 0 Å². The van der Waals surface area contributed by atoms with Crippen molar-refractivity contribution >= 4 is 17.4 Å². The smallest absolute Gasteiger partial charge is 0.316 e. The van der Waals surface area contributed by atoms with E-state index in [1.165, 1.54) is 12.7 Å². The summed E-state index contributed by atoms with van der Waals surface area (Å²) in [5, 5.41) is 10.9. The number of carbonyl (C=O) groups is 1. The van der Waals surface area contributed by atoms with Crippen molar-refractivity contribution in [3.8, 4) is 0 Å². The molecule has 3 aliphatic heterocycles. The van der Waals surface area contributed by atoms with E-state index in [2.05, 4.69) is 17.0 Å². The quantitative estimate of drug-likeness (QED) is 0.641. The number of piperidine rings is 2. The third-order valence-corrected chi connectivity index (χ3v) is 7.68. The van der Waals surface area contributed by atoms with Gasteiger partial charge in [0.1, 0.15) is 11.6 Å². The van der Waals surface area contributed by atoms with Crippen LogP contribution in [-0.4, -0.2) is 61.3 Å². The molecule has 5 rings (SSSR count). The second-order valence-electron chi connectivity index (χ2n) is 8.28. The SMILES string of the molecule is CC=C1CN2[C@@H](OC)C[C@]34C(=Nc5ccccc53)[C@@H]2C[C@@H]1[C@@]4(CO)C(=O)OC. The van der Waals surface area contributed by atoms with Crippen molar-refractivity contribution in [3.05, 3.63) is 41.5 Å². The van der Waals surface area contributed by atoms with Crippen molar-refractivity contribution in [2.75, 3.05) is 27.4 Å². The average molecular weight is 382 g/mol. The van der Waals surface area contributed by atoms with Crippen LogP contribution in [0.15, 0.2) is 40.9 Å². The van der Waals surface area contributed by atoms with Crippen LogP contribution in [0.5, 0.6) is 0 Å². The predicted molar refractivity (Wildman–Crippen MR) is 105 cm³/mol. The monoisotopic (exact) mass is 382 g/mol. The van der Waals surface area contributed by atoms with Gasteiger partial charge in [0.2, 0.25) is 0 Å². The second kappa shape index (κ2) is 5.99. The zero-order valence-corrected chi connectivity index (χ0v) is 16.5. The van der Waals surface area contributed by atoms with Gasteiger partial charge in [0, 0.05) is 31.7 Å². The number of para-hydroxylation sites is 1. The summed E-state index contributed by atoms with van der Waals surface area (Å²) in [6.07, 6.45) is 3.26. The lowest BCUT2D eigenvalue weighted by atomic mass is 9.43. The molecule has 148 valence electrons. The zero-order valence-electron chi connectivity index (χ0n) is 16.5. The summed E-state index contributed by atoms with van der Waals surface area (Å²) in [6.45, 7) is 2.45. The lowest BCUT2D eigenvalue weighted by molar-refractivity contribution is -0.182. The van der Waals surface area contributed by atoms with Gasteiger partial charge in [-0.05, 0) is 25.0 Å². The molecule has 0 unspecified atom stereocenters. The number of ether oxygens (including phenoxy) is 2. The number of aliphatic imine (C=N–C) groups is 1. The van der Waals surface area contributed by atoms with Crippen LogP contribution in [-0.2, 0) is 19.7 Å². The Morgan fingerprint density at radius 3 is 2.86 bits per heavy atom. The Kier molecular flexibility index (Phi) is 3.86. The van der Waals surface area contributed by atoms with Gasteiger partial charge >= 0.3 is 5.97 Å². The molecular formula is C22H26N2O4. The Bertz CT molecular complexity index is 910. The summed E-state index contributed by atoms with van der Waals surface area (Å²) < 4.78 is 11.3. The van der Waals surface area contributed by atoms with Crippen molar-refractivity contribution in [3.63, 3.8) is 0 Å². The molecule has 0 aromatic heterocycles. The molecule has 0 amide bonds. The molecule has 2 saturated heterocycles. The number of allylic oxidation sites excluding steroid dienone is 1. The molecular weight excluding hydrogens is 356 g/mol. The number of methoxy groups -OCH3 is 2. The lowest BCUT2D eigenvalue weighted by Gasteiger charge is -2.65. The first-order valence-corrected chi connectivity index (χ1v) is 9.90. The van der Waals surface area contributed by atoms with Crippen molar-refractivity contribution in [2.45, 2.75) is 37.5 Å². The van der Waals surface area contributed by atoms with E-state index in [-0.39, 0.29) is 30.8 Å². The molecule has 6 heteroatoms. The molecule has 1 aromatic rings. The molecule has 1 aromatic carbocycles. The molecule has 5 atom stereocenters. The van der Waals surface area contributed by atoms with Gasteiger partial charge in [0.15, 0.2) is 0 Å². The van der Waals surface area contributed by atoms with Crippen LogP contribution in [0.3, 0.4) is 0 Å². The van der Waals surface area contributed by atoms with E-state index in [0.29, 0.717) is 13.0 Å². The molecule has 6 nitrogen and oxygen atoms in total. The molecule has 1 aliphatic carbocycles. The maximum absolute atomic E-state index is 13.5.